The second kappa shape index (κ2) is 8.69. The van der Waals surface area contributed by atoms with Gasteiger partial charge in [-0.25, -0.2) is 18.4 Å². The molecule has 2 heterocycles. The third-order valence-corrected chi connectivity index (χ3v) is 5.30. The topological polar surface area (TPSA) is 42.5 Å². The Morgan fingerprint density at radius 2 is 1.87 bits per heavy atom. The second-order valence-corrected chi connectivity index (χ2v) is 7.60. The van der Waals surface area contributed by atoms with Gasteiger partial charge in [0.2, 0.25) is 4.80 Å². The Balaban J connectivity index is 1.91. The summed E-state index contributed by atoms with van der Waals surface area (Å²) in [4.78, 5) is 9.13. The van der Waals surface area contributed by atoms with Crippen molar-refractivity contribution in [3.8, 4) is 11.3 Å². The average molecular weight is 441 g/mol. The van der Waals surface area contributed by atoms with Gasteiger partial charge < -0.3 is 0 Å². The van der Waals surface area contributed by atoms with E-state index in [1.807, 2.05) is 42.6 Å². The van der Waals surface area contributed by atoms with Gasteiger partial charge in [0.05, 0.1) is 17.1 Å². The quantitative estimate of drug-likeness (QED) is 0.356. The van der Waals surface area contributed by atoms with Gasteiger partial charge in [0.15, 0.2) is 5.82 Å². The van der Waals surface area contributed by atoms with E-state index >= 15 is 0 Å². The lowest BCUT2D eigenvalue weighted by atomic mass is 10.2. The fourth-order valence-electron chi connectivity index (χ4n) is 2.75. The molecule has 0 spiro atoms. The van der Waals surface area contributed by atoms with Crippen LogP contribution in [0.15, 0.2) is 82.3 Å². The molecule has 2 aromatic carbocycles. The van der Waals surface area contributed by atoms with E-state index in [-0.39, 0.29) is 5.69 Å². The largest absolute Gasteiger partial charge is 0.255 e. The molecule has 0 amide bonds. The molecule has 0 bridgehead atoms. The van der Waals surface area contributed by atoms with Crippen LogP contribution in [0.3, 0.4) is 0 Å². The molecule has 0 saturated carbocycles. The van der Waals surface area contributed by atoms with Gasteiger partial charge in [-0.15, -0.1) is 11.3 Å². The molecule has 150 valence electrons. The molecule has 0 unspecified atom stereocenters. The molecule has 30 heavy (non-hydrogen) atoms. The van der Waals surface area contributed by atoms with Crippen molar-refractivity contribution in [1.82, 2.24) is 9.66 Å². The van der Waals surface area contributed by atoms with Gasteiger partial charge in [-0.05, 0) is 43.3 Å². The van der Waals surface area contributed by atoms with E-state index in [0.717, 1.165) is 17.3 Å². The molecular formula is C22H15ClF2N4S. The molecule has 8 heteroatoms. The predicted molar refractivity (Wildman–Crippen MR) is 116 cm³/mol. The van der Waals surface area contributed by atoms with E-state index in [4.69, 9.17) is 11.6 Å². The van der Waals surface area contributed by atoms with Crippen molar-refractivity contribution in [2.24, 2.45) is 10.1 Å². The molecular weight excluding hydrogens is 426 g/mol. The predicted octanol–water partition coefficient (Wildman–Crippen LogP) is 6.05. The van der Waals surface area contributed by atoms with Crippen LogP contribution in [0.25, 0.3) is 11.3 Å². The SMILES string of the molecule is C/C(=N/n1c(-c2ccc(Cl)cc2)csc1=Nc1ccc(F)cc1F)c1ccccn1. The number of pyridine rings is 1. The summed E-state index contributed by atoms with van der Waals surface area (Å²) in [5, 5.41) is 7.18. The number of aromatic nitrogens is 2. The monoisotopic (exact) mass is 440 g/mol. The van der Waals surface area contributed by atoms with E-state index in [2.05, 4.69) is 15.1 Å². The molecule has 2 aromatic heterocycles. The van der Waals surface area contributed by atoms with E-state index in [1.165, 1.54) is 23.5 Å². The molecule has 0 saturated heterocycles. The molecule has 0 aliphatic rings. The van der Waals surface area contributed by atoms with Crippen molar-refractivity contribution < 1.29 is 8.78 Å². The highest BCUT2D eigenvalue weighted by molar-refractivity contribution is 7.07. The zero-order valence-corrected chi connectivity index (χ0v) is 17.3. The van der Waals surface area contributed by atoms with Crippen LogP contribution in [0.2, 0.25) is 5.02 Å². The summed E-state index contributed by atoms with van der Waals surface area (Å²) < 4.78 is 29.1. The number of thiazole rings is 1. The lowest BCUT2D eigenvalue weighted by molar-refractivity contribution is 0.584. The molecule has 4 aromatic rings. The van der Waals surface area contributed by atoms with Gasteiger partial charge in [-0.3, -0.25) is 4.98 Å². The van der Waals surface area contributed by atoms with Crippen molar-refractivity contribution in [3.05, 3.63) is 99.4 Å². The number of hydrogen-bond acceptors (Lipinski definition) is 4. The summed E-state index contributed by atoms with van der Waals surface area (Å²) in [7, 11) is 0. The van der Waals surface area contributed by atoms with Gasteiger partial charge in [0.25, 0.3) is 0 Å². The van der Waals surface area contributed by atoms with E-state index in [1.54, 1.807) is 23.0 Å². The van der Waals surface area contributed by atoms with Crippen molar-refractivity contribution in [3.63, 3.8) is 0 Å². The maximum absolute atomic E-state index is 14.2. The first kappa shape index (κ1) is 20.1. The Hall–Kier alpha value is -3.16. The van der Waals surface area contributed by atoms with Crippen LogP contribution in [0.1, 0.15) is 12.6 Å². The highest BCUT2D eigenvalue weighted by atomic mass is 35.5. The van der Waals surface area contributed by atoms with Gasteiger partial charge >= 0.3 is 0 Å². The van der Waals surface area contributed by atoms with Crippen molar-refractivity contribution in [2.75, 3.05) is 0 Å². The maximum Gasteiger partial charge on any atom is 0.211 e. The Bertz CT molecular complexity index is 1280. The highest BCUT2D eigenvalue weighted by Gasteiger charge is 2.11. The van der Waals surface area contributed by atoms with E-state index in [0.29, 0.717) is 21.2 Å². The smallest absolute Gasteiger partial charge is 0.211 e. The molecule has 0 radical (unpaired) electrons. The minimum absolute atomic E-state index is 0.0281. The standard InChI is InChI=1S/C22H15ClF2N4S/c1-14(19-4-2-3-11-26-19)28-29-21(15-5-7-16(23)8-6-15)13-30-22(29)27-20-10-9-17(24)12-18(20)25/h2-13H,1H3/b27-22?,28-14-. The zero-order valence-electron chi connectivity index (χ0n) is 15.8. The summed E-state index contributed by atoms with van der Waals surface area (Å²) in [5.74, 6) is -1.40. The molecule has 4 rings (SSSR count). The Kier molecular flexibility index (Phi) is 5.83. The molecule has 4 nitrogen and oxygen atoms in total. The summed E-state index contributed by atoms with van der Waals surface area (Å²) in [6.45, 7) is 1.83. The van der Waals surface area contributed by atoms with Gasteiger partial charge in [-0.2, -0.15) is 5.10 Å². The van der Waals surface area contributed by atoms with Gasteiger partial charge in [0, 0.05) is 28.2 Å². The van der Waals surface area contributed by atoms with Crippen molar-refractivity contribution >= 4 is 34.3 Å². The highest BCUT2D eigenvalue weighted by Crippen LogP contribution is 2.24. The zero-order chi connectivity index (χ0) is 21.1. The first-order valence-electron chi connectivity index (χ1n) is 8.94. The van der Waals surface area contributed by atoms with E-state index in [9.17, 15) is 8.78 Å². The van der Waals surface area contributed by atoms with Gasteiger partial charge in [0.1, 0.15) is 11.5 Å². The Labute approximate surface area is 180 Å². The van der Waals surface area contributed by atoms with Crippen LogP contribution in [-0.4, -0.2) is 15.4 Å². The first-order valence-corrected chi connectivity index (χ1v) is 10.2. The fraction of sp³-hybridized carbons (Fsp3) is 0.0455. The lowest BCUT2D eigenvalue weighted by Gasteiger charge is -2.06. The summed E-state index contributed by atoms with van der Waals surface area (Å²) >= 11 is 7.31. The molecule has 0 aliphatic heterocycles. The van der Waals surface area contributed by atoms with Crippen LogP contribution >= 0.6 is 22.9 Å². The number of halogens is 3. The minimum Gasteiger partial charge on any atom is -0.255 e. The van der Waals surface area contributed by atoms with Crippen LogP contribution in [0.4, 0.5) is 14.5 Å². The third kappa shape index (κ3) is 4.37. The van der Waals surface area contributed by atoms with Crippen LogP contribution in [0, 0.1) is 11.6 Å². The number of benzene rings is 2. The molecule has 0 N–H and O–H groups in total. The van der Waals surface area contributed by atoms with Crippen molar-refractivity contribution in [2.45, 2.75) is 6.92 Å². The van der Waals surface area contributed by atoms with Crippen LogP contribution in [-0.2, 0) is 0 Å². The summed E-state index contributed by atoms with van der Waals surface area (Å²) in [5.41, 5.74) is 3.02. The molecule has 0 fully saturated rings. The number of hydrogen-bond donors (Lipinski definition) is 0. The molecule has 0 aliphatic carbocycles. The van der Waals surface area contributed by atoms with Crippen LogP contribution in [0.5, 0.6) is 0 Å². The summed E-state index contributed by atoms with van der Waals surface area (Å²) in [6, 6.07) is 16.1. The summed E-state index contributed by atoms with van der Waals surface area (Å²) in [6.07, 6.45) is 1.69. The average Bonchev–Trinajstić information content (AvgIpc) is 3.13. The normalized spacial score (nSPS) is 12.4. The Morgan fingerprint density at radius 3 is 2.57 bits per heavy atom. The second-order valence-electron chi connectivity index (χ2n) is 6.33. The van der Waals surface area contributed by atoms with Crippen LogP contribution < -0.4 is 4.80 Å². The van der Waals surface area contributed by atoms with E-state index < -0.39 is 11.6 Å². The first-order chi connectivity index (χ1) is 14.5. The maximum atomic E-state index is 14.2. The van der Waals surface area contributed by atoms with Crippen molar-refractivity contribution in [1.29, 1.82) is 0 Å². The van der Waals surface area contributed by atoms with Gasteiger partial charge in [-0.1, -0.05) is 29.8 Å². The number of rotatable bonds is 4. The fourth-order valence-corrected chi connectivity index (χ4v) is 3.71. The Morgan fingerprint density at radius 1 is 1.07 bits per heavy atom. The third-order valence-electron chi connectivity index (χ3n) is 4.24. The number of nitrogens with zero attached hydrogens (tertiary/aromatic N) is 4. The lowest BCUT2D eigenvalue weighted by Crippen LogP contribution is -2.14. The minimum atomic E-state index is -0.742. The molecule has 0 atom stereocenters.